The molecule has 0 spiro atoms. The van der Waals surface area contributed by atoms with Gasteiger partial charge < -0.3 is 14.8 Å². The lowest BCUT2D eigenvalue weighted by molar-refractivity contribution is -0.428. The van der Waals surface area contributed by atoms with E-state index in [1.807, 2.05) is 18.2 Å². The summed E-state index contributed by atoms with van der Waals surface area (Å²) in [6, 6.07) is 15.9. The number of esters is 1. The monoisotopic (exact) mass is 394 g/mol. The van der Waals surface area contributed by atoms with Crippen LogP contribution in [0.15, 0.2) is 71.6 Å². The van der Waals surface area contributed by atoms with Gasteiger partial charge in [0.05, 0.1) is 24.2 Å². The number of methoxy groups -OCH3 is 1. The normalized spacial score (nSPS) is 16.3. The van der Waals surface area contributed by atoms with Gasteiger partial charge in [-0.3, -0.25) is 10.1 Å². The van der Waals surface area contributed by atoms with E-state index < -0.39 is 16.8 Å². The average molecular weight is 394 g/mol. The van der Waals surface area contributed by atoms with Crippen LogP contribution < -0.4 is 10.1 Å². The van der Waals surface area contributed by atoms with Crippen molar-refractivity contribution >= 4 is 11.7 Å². The van der Waals surface area contributed by atoms with Gasteiger partial charge in [-0.1, -0.05) is 42.5 Å². The summed E-state index contributed by atoms with van der Waals surface area (Å²) in [6.07, 6.45) is 0. The Bertz CT molecular complexity index is 978. The zero-order valence-electron chi connectivity index (χ0n) is 16.5. The summed E-state index contributed by atoms with van der Waals surface area (Å²) in [4.78, 5) is 24.5. The van der Waals surface area contributed by atoms with Crippen LogP contribution in [0.2, 0.25) is 0 Å². The summed E-state index contributed by atoms with van der Waals surface area (Å²) in [5, 5.41) is 15.3. The molecule has 0 radical (unpaired) electrons. The lowest BCUT2D eigenvalue weighted by Crippen LogP contribution is -2.31. The fraction of sp³-hybridized carbons (Fsp3) is 0.227. The molecule has 29 heavy (non-hydrogen) atoms. The van der Waals surface area contributed by atoms with Gasteiger partial charge in [-0.25, -0.2) is 4.79 Å². The first-order chi connectivity index (χ1) is 14.0. The minimum absolute atomic E-state index is 0.102. The zero-order chi connectivity index (χ0) is 21.0. The van der Waals surface area contributed by atoms with Gasteiger partial charge in [0.1, 0.15) is 17.4 Å². The first kappa shape index (κ1) is 20.1. The summed E-state index contributed by atoms with van der Waals surface area (Å²) in [7, 11) is 1.55. The Hall–Kier alpha value is -3.61. The number of ether oxygens (including phenoxy) is 2. The van der Waals surface area contributed by atoms with Gasteiger partial charge in [0.2, 0.25) is 0 Å². The maximum atomic E-state index is 12.7. The Morgan fingerprint density at radius 2 is 1.79 bits per heavy atom. The molecule has 7 heteroatoms. The summed E-state index contributed by atoms with van der Waals surface area (Å²) in [5.41, 5.74) is 2.28. The van der Waals surface area contributed by atoms with Crippen LogP contribution in [0.1, 0.15) is 30.9 Å². The van der Waals surface area contributed by atoms with Gasteiger partial charge in [0, 0.05) is 11.3 Å². The van der Waals surface area contributed by atoms with E-state index in [9.17, 15) is 14.9 Å². The van der Waals surface area contributed by atoms with Crippen LogP contribution in [-0.4, -0.2) is 24.6 Å². The first-order valence-corrected chi connectivity index (χ1v) is 9.20. The molecule has 1 heterocycles. The molecule has 1 unspecified atom stereocenters. The maximum absolute atomic E-state index is 12.7. The number of allylic oxidation sites excluding steroid dienone is 2. The summed E-state index contributed by atoms with van der Waals surface area (Å²) >= 11 is 0. The predicted octanol–water partition coefficient (Wildman–Crippen LogP) is 3.86. The number of benzene rings is 2. The Kier molecular flexibility index (Phi) is 5.97. The van der Waals surface area contributed by atoms with Crippen LogP contribution in [-0.2, 0) is 9.53 Å². The zero-order valence-corrected chi connectivity index (χ0v) is 16.5. The number of nitrogens with zero attached hydrogens (tertiary/aromatic N) is 1. The largest absolute Gasteiger partial charge is 0.497 e. The van der Waals surface area contributed by atoms with Crippen molar-refractivity contribution in [3.8, 4) is 5.75 Å². The Labute approximate surface area is 168 Å². The van der Waals surface area contributed by atoms with Crippen LogP contribution in [0.5, 0.6) is 5.75 Å². The Morgan fingerprint density at radius 1 is 1.14 bits per heavy atom. The lowest BCUT2D eigenvalue weighted by Gasteiger charge is -2.27. The van der Waals surface area contributed by atoms with Gasteiger partial charge in [-0.2, -0.15) is 0 Å². The molecule has 0 bridgehead atoms. The quantitative estimate of drug-likeness (QED) is 0.454. The third kappa shape index (κ3) is 3.99. The molecule has 2 aromatic carbocycles. The smallest absolute Gasteiger partial charge is 0.336 e. The van der Waals surface area contributed by atoms with Crippen molar-refractivity contribution < 1.29 is 19.2 Å². The number of hydrogen-bond donors (Lipinski definition) is 1. The van der Waals surface area contributed by atoms with Gasteiger partial charge in [0.25, 0.3) is 5.70 Å². The molecule has 0 aliphatic carbocycles. The third-order valence-corrected chi connectivity index (χ3v) is 4.74. The minimum atomic E-state index is -0.883. The van der Waals surface area contributed by atoms with Crippen molar-refractivity contribution in [3.05, 3.63) is 92.8 Å². The average Bonchev–Trinajstić information content (AvgIpc) is 2.73. The van der Waals surface area contributed by atoms with E-state index in [1.165, 1.54) is 0 Å². The van der Waals surface area contributed by atoms with Crippen LogP contribution in [0.4, 0.5) is 0 Å². The van der Waals surface area contributed by atoms with Crippen LogP contribution >= 0.6 is 0 Å². The highest BCUT2D eigenvalue weighted by atomic mass is 16.6. The van der Waals surface area contributed by atoms with Gasteiger partial charge in [-0.15, -0.1) is 0 Å². The number of rotatable bonds is 6. The number of hydrogen-bond acceptors (Lipinski definition) is 6. The van der Waals surface area contributed by atoms with Crippen molar-refractivity contribution in [1.29, 1.82) is 0 Å². The second-order valence-corrected chi connectivity index (χ2v) is 6.47. The molecule has 150 valence electrons. The number of nitrogens with one attached hydrogen (secondary N) is 1. The highest BCUT2D eigenvalue weighted by Gasteiger charge is 2.42. The van der Waals surface area contributed by atoms with E-state index in [-0.39, 0.29) is 17.9 Å². The van der Waals surface area contributed by atoms with Gasteiger partial charge in [0.15, 0.2) is 0 Å². The second-order valence-electron chi connectivity index (χ2n) is 6.47. The highest BCUT2D eigenvalue weighted by molar-refractivity contribution is 5.94. The molecule has 2 aromatic rings. The molecule has 3 rings (SSSR count). The Morgan fingerprint density at radius 3 is 2.34 bits per heavy atom. The van der Waals surface area contributed by atoms with Crippen molar-refractivity contribution in [1.82, 2.24) is 5.32 Å². The van der Waals surface area contributed by atoms with E-state index in [2.05, 4.69) is 5.32 Å². The molecule has 1 aliphatic heterocycles. The molecule has 1 atom stereocenters. The van der Waals surface area contributed by atoms with Crippen molar-refractivity contribution in [2.24, 2.45) is 0 Å². The molecule has 0 amide bonds. The van der Waals surface area contributed by atoms with E-state index in [0.29, 0.717) is 28.3 Å². The molecular weight excluding hydrogens is 372 g/mol. The van der Waals surface area contributed by atoms with Gasteiger partial charge >= 0.3 is 5.97 Å². The first-order valence-electron chi connectivity index (χ1n) is 9.20. The number of dihydropyridines is 1. The fourth-order valence-electron chi connectivity index (χ4n) is 3.44. The minimum Gasteiger partial charge on any atom is -0.497 e. The van der Waals surface area contributed by atoms with E-state index >= 15 is 0 Å². The molecule has 7 nitrogen and oxygen atoms in total. The third-order valence-electron chi connectivity index (χ3n) is 4.74. The predicted molar refractivity (Wildman–Crippen MR) is 109 cm³/mol. The molecule has 0 aromatic heterocycles. The van der Waals surface area contributed by atoms with E-state index in [4.69, 9.17) is 9.47 Å². The topological polar surface area (TPSA) is 90.7 Å². The molecular formula is C22H22N2O5. The molecule has 0 saturated heterocycles. The van der Waals surface area contributed by atoms with Crippen molar-refractivity contribution in [3.63, 3.8) is 0 Å². The SMILES string of the molecule is CCOC(=O)C1=C(C)NC(c2ccccc2)=C([N+](=O)[O-])C1c1ccc(OC)cc1. The fourth-order valence-corrected chi connectivity index (χ4v) is 3.44. The van der Waals surface area contributed by atoms with E-state index in [1.54, 1.807) is 57.4 Å². The molecule has 1 aliphatic rings. The van der Waals surface area contributed by atoms with E-state index in [0.717, 1.165) is 0 Å². The van der Waals surface area contributed by atoms with Crippen LogP contribution in [0.3, 0.4) is 0 Å². The number of carbonyl (C=O) groups is 1. The molecule has 0 fully saturated rings. The standard InChI is InChI=1S/C22H22N2O5/c1-4-29-22(25)18-14(2)23-20(16-8-6-5-7-9-16)21(24(26)27)19(18)15-10-12-17(28-3)13-11-15/h5-13,19,23H,4H2,1-3H3. The number of carbonyl (C=O) groups excluding carboxylic acids is 1. The molecule has 1 N–H and O–H groups in total. The maximum Gasteiger partial charge on any atom is 0.336 e. The van der Waals surface area contributed by atoms with Crippen molar-refractivity contribution in [2.45, 2.75) is 19.8 Å². The van der Waals surface area contributed by atoms with Crippen molar-refractivity contribution in [2.75, 3.05) is 13.7 Å². The number of nitro groups is 1. The summed E-state index contributed by atoms with van der Waals surface area (Å²) < 4.78 is 10.4. The second kappa shape index (κ2) is 8.60. The van der Waals surface area contributed by atoms with Crippen LogP contribution in [0.25, 0.3) is 5.70 Å². The Balaban J connectivity index is 2.24. The lowest BCUT2D eigenvalue weighted by atomic mass is 9.83. The molecule has 0 saturated carbocycles. The van der Waals surface area contributed by atoms with Gasteiger partial charge in [-0.05, 0) is 31.5 Å². The summed E-state index contributed by atoms with van der Waals surface area (Å²) in [6.45, 7) is 3.60. The summed E-state index contributed by atoms with van der Waals surface area (Å²) in [5.74, 6) is -0.841. The van der Waals surface area contributed by atoms with Crippen LogP contribution in [0, 0.1) is 10.1 Å². The highest BCUT2D eigenvalue weighted by Crippen LogP contribution is 2.41.